The highest BCUT2D eigenvalue weighted by Crippen LogP contribution is 2.29. The highest BCUT2D eigenvalue weighted by molar-refractivity contribution is 7.80. The molecule has 0 atom stereocenters. The molecular formula is C18H21N3O2S. The molecule has 0 aliphatic rings. The van der Waals surface area contributed by atoms with Gasteiger partial charge >= 0.3 is 0 Å². The molecule has 0 fully saturated rings. The van der Waals surface area contributed by atoms with Crippen molar-refractivity contribution in [2.24, 2.45) is 5.10 Å². The zero-order valence-corrected chi connectivity index (χ0v) is 15.0. The summed E-state index contributed by atoms with van der Waals surface area (Å²) in [6, 6.07) is 11.7. The molecule has 0 aromatic heterocycles. The summed E-state index contributed by atoms with van der Waals surface area (Å²) >= 11 is 5.24. The SMILES string of the molecule is COc1ccc(NC(=S)N/N=C\c2ccc(C)cc2C)cc1OC. The van der Waals surface area contributed by atoms with Gasteiger partial charge in [0.1, 0.15) is 0 Å². The molecule has 0 aliphatic heterocycles. The molecule has 0 saturated heterocycles. The number of nitrogens with one attached hydrogen (secondary N) is 2. The molecule has 0 radical (unpaired) electrons. The summed E-state index contributed by atoms with van der Waals surface area (Å²) in [5.41, 5.74) is 7.02. The quantitative estimate of drug-likeness (QED) is 0.493. The second kappa shape index (κ2) is 8.31. The summed E-state index contributed by atoms with van der Waals surface area (Å²) in [6.45, 7) is 4.11. The van der Waals surface area contributed by atoms with Gasteiger partial charge in [-0.15, -0.1) is 0 Å². The van der Waals surface area contributed by atoms with Crippen molar-refractivity contribution < 1.29 is 9.47 Å². The van der Waals surface area contributed by atoms with Gasteiger partial charge in [0, 0.05) is 11.8 Å². The van der Waals surface area contributed by atoms with E-state index >= 15 is 0 Å². The van der Waals surface area contributed by atoms with E-state index in [0.717, 1.165) is 11.3 Å². The van der Waals surface area contributed by atoms with Gasteiger partial charge < -0.3 is 14.8 Å². The van der Waals surface area contributed by atoms with Gasteiger partial charge in [-0.1, -0.05) is 23.8 Å². The predicted octanol–water partition coefficient (Wildman–Crippen LogP) is 3.64. The van der Waals surface area contributed by atoms with Gasteiger partial charge in [0.25, 0.3) is 0 Å². The Morgan fingerprint density at radius 2 is 1.79 bits per heavy atom. The van der Waals surface area contributed by atoms with E-state index < -0.39 is 0 Å². The zero-order chi connectivity index (χ0) is 17.5. The van der Waals surface area contributed by atoms with Crippen molar-refractivity contribution >= 4 is 29.2 Å². The fourth-order valence-electron chi connectivity index (χ4n) is 2.20. The number of anilines is 1. The molecule has 5 nitrogen and oxygen atoms in total. The van der Waals surface area contributed by atoms with Crippen molar-refractivity contribution in [3.8, 4) is 11.5 Å². The van der Waals surface area contributed by atoms with Gasteiger partial charge in [0.2, 0.25) is 0 Å². The molecule has 24 heavy (non-hydrogen) atoms. The van der Waals surface area contributed by atoms with Crippen LogP contribution >= 0.6 is 12.2 Å². The average Bonchev–Trinajstić information content (AvgIpc) is 2.56. The number of benzene rings is 2. The summed E-state index contributed by atoms with van der Waals surface area (Å²) in [4.78, 5) is 0. The number of hydrogen-bond donors (Lipinski definition) is 2. The summed E-state index contributed by atoms with van der Waals surface area (Å²) in [6.07, 6.45) is 1.75. The lowest BCUT2D eigenvalue weighted by atomic mass is 10.1. The minimum absolute atomic E-state index is 0.392. The van der Waals surface area contributed by atoms with Crippen LogP contribution in [-0.2, 0) is 0 Å². The van der Waals surface area contributed by atoms with Crippen LogP contribution in [0.15, 0.2) is 41.5 Å². The molecule has 0 unspecified atom stereocenters. The lowest BCUT2D eigenvalue weighted by Crippen LogP contribution is -2.23. The monoisotopic (exact) mass is 343 g/mol. The van der Waals surface area contributed by atoms with E-state index in [0.29, 0.717) is 16.6 Å². The van der Waals surface area contributed by atoms with Crippen molar-refractivity contribution in [3.63, 3.8) is 0 Å². The van der Waals surface area contributed by atoms with Crippen LogP contribution in [0.5, 0.6) is 11.5 Å². The van der Waals surface area contributed by atoms with Crippen molar-refractivity contribution in [1.82, 2.24) is 5.43 Å². The van der Waals surface area contributed by atoms with Gasteiger partial charge in [-0.2, -0.15) is 5.10 Å². The standard InChI is InChI=1S/C18H21N3O2S/c1-12-5-6-14(13(2)9-12)11-19-21-18(24)20-15-7-8-16(22-3)17(10-15)23-4/h5-11H,1-4H3,(H2,20,21,24)/b19-11-. The van der Waals surface area contributed by atoms with Gasteiger partial charge in [0.05, 0.1) is 20.4 Å². The summed E-state index contributed by atoms with van der Waals surface area (Å²) < 4.78 is 10.5. The zero-order valence-electron chi connectivity index (χ0n) is 14.2. The third-order valence-corrected chi connectivity index (χ3v) is 3.63. The third kappa shape index (κ3) is 4.70. The lowest BCUT2D eigenvalue weighted by Gasteiger charge is -2.11. The Bertz CT molecular complexity index is 760. The first-order valence-electron chi connectivity index (χ1n) is 7.43. The fourth-order valence-corrected chi connectivity index (χ4v) is 2.37. The first-order chi connectivity index (χ1) is 11.5. The Morgan fingerprint density at radius 1 is 1.04 bits per heavy atom. The van der Waals surface area contributed by atoms with E-state index in [1.165, 1.54) is 11.1 Å². The molecule has 6 heteroatoms. The number of methoxy groups -OCH3 is 2. The Morgan fingerprint density at radius 3 is 2.46 bits per heavy atom. The van der Waals surface area contributed by atoms with Crippen LogP contribution in [0, 0.1) is 13.8 Å². The predicted molar refractivity (Wildman–Crippen MR) is 102 cm³/mol. The van der Waals surface area contributed by atoms with Crippen molar-refractivity contribution in [1.29, 1.82) is 0 Å². The Balaban J connectivity index is 1.97. The number of thiocarbonyl (C=S) groups is 1. The van der Waals surface area contributed by atoms with Crippen molar-refractivity contribution in [2.75, 3.05) is 19.5 Å². The van der Waals surface area contributed by atoms with E-state index in [4.69, 9.17) is 21.7 Å². The topological polar surface area (TPSA) is 54.9 Å². The molecule has 2 N–H and O–H groups in total. The second-order valence-electron chi connectivity index (χ2n) is 5.25. The van der Waals surface area contributed by atoms with Crippen LogP contribution < -0.4 is 20.2 Å². The Hall–Kier alpha value is -2.60. The number of hydrazone groups is 1. The van der Waals surface area contributed by atoms with Crippen LogP contribution in [-0.4, -0.2) is 25.5 Å². The minimum atomic E-state index is 0.392. The largest absolute Gasteiger partial charge is 0.493 e. The maximum absolute atomic E-state index is 5.26. The summed E-state index contributed by atoms with van der Waals surface area (Å²) in [5.74, 6) is 1.29. The highest BCUT2D eigenvalue weighted by Gasteiger charge is 2.05. The molecule has 126 valence electrons. The van der Waals surface area contributed by atoms with E-state index in [1.807, 2.05) is 18.2 Å². The molecule has 2 rings (SSSR count). The van der Waals surface area contributed by atoms with Crippen LogP contribution in [0.3, 0.4) is 0 Å². The Kier molecular flexibility index (Phi) is 6.14. The Labute approximate surface area is 147 Å². The molecule has 0 bridgehead atoms. The van der Waals surface area contributed by atoms with Gasteiger partial charge in [0.15, 0.2) is 16.6 Å². The van der Waals surface area contributed by atoms with Crippen molar-refractivity contribution in [3.05, 3.63) is 53.1 Å². The highest BCUT2D eigenvalue weighted by atomic mass is 32.1. The normalized spacial score (nSPS) is 10.5. The molecule has 0 spiro atoms. The summed E-state index contributed by atoms with van der Waals surface area (Å²) in [7, 11) is 3.19. The van der Waals surface area contributed by atoms with Crippen molar-refractivity contribution in [2.45, 2.75) is 13.8 Å². The van der Waals surface area contributed by atoms with Crippen LogP contribution in [0.1, 0.15) is 16.7 Å². The maximum Gasteiger partial charge on any atom is 0.191 e. The number of rotatable bonds is 5. The fraction of sp³-hybridized carbons (Fsp3) is 0.222. The first kappa shape index (κ1) is 17.7. The van der Waals surface area contributed by atoms with Crippen LogP contribution in [0.25, 0.3) is 0 Å². The average molecular weight is 343 g/mol. The maximum atomic E-state index is 5.26. The second-order valence-corrected chi connectivity index (χ2v) is 5.66. The lowest BCUT2D eigenvalue weighted by molar-refractivity contribution is 0.355. The van der Waals surface area contributed by atoms with Gasteiger partial charge in [-0.25, -0.2) is 0 Å². The van der Waals surface area contributed by atoms with Gasteiger partial charge in [-0.05, 0) is 49.3 Å². The first-order valence-corrected chi connectivity index (χ1v) is 7.83. The summed E-state index contributed by atoms with van der Waals surface area (Å²) in [5, 5.41) is 7.61. The molecule has 0 amide bonds. The number of ether oxygens (including phenoxy) is 2. The van der Waals surface area contributed by atoms with Crippen LogP contribution in [0.4, 0.5) is 5.69 Å². The smallest absolute Gasteiger partial charge is 0.191 e. The molecule has 2 aromatic rings. The van der Waals surface area contributed by atoms with E-state index in [-0.39, 0.29) is 0 Å². The third-order valence-electron chi connectivity index (χ3n) is 3.44. The number of aryl methyl sites for hydroxylation is 2. The molecule has 0 saturated carbocycles. The number of nitrogens with zero attached hydrogens (tertiary/aromatic N) is 1. The van der Waals surface area contributed by atoms with E-state index in [1.54, 1.807) is 26.5 Å². The van der Waals surface area contributed by atoms with E-state index in [9.17, 15) is 0 Å². The molecule has 0 aliphatic carbocycles. The number of hydrogen-bond acceptors (Lipinski definition) is 4. The van der Waals surface area contributed by atoms with E-state index in [2.05, 4.69) is 41.8 Å². The van der Waals surface area contributed by atoms with Gasteiger partial charge in [-0.3, -0.25) is 5.43 Å². The molecule has 0 heterocycles. The molecular weight excluding hydrogens is 322 g/mol. The van der Waals surface area contributed by atoms with Crippen LogP contribution in [0.2, 0.25) is 0 Å². The minimum Gasteiger partial charge on any atom is -0.493 e. The molecule has 2 aromatic carbocycles.